The van der Waals surface area contributed by atoms with Crippen LogP contribution in [0.1, 0.15) is 102 Å². The molecule has 188 valence electrons. The first-order chi connectivity index (χ1) is 15.2. The lowest BCUT2D eigenvalue weighted by atomic mass is 9.78. The summed E-state index contributed by atoms with van der Waals surface area (Å²) >= 11 is 0. The largest absolute Gasteiger partial charge is 0.507 e. The number of benzene rings is 1. The van der Waals surface area contributed by atoms with Crippen LogP contribution in [0.2, 0.25) is 0 Å². The van der Waals surface area contributed by atoms with Gasteiger partial charge < -0.3 is 9.67 Å². The maximum Gasteiger partial charge on any atom is 0.203 e. The number of nitrogens with zero attached hydrogens (tertiary/aromatic N) is 3. The number of rotatable bonds is 8. The lowest BCUT2D eigenvalue weighted by molar-refractivity contribution is 0.0969. The molecule has 6 nitrogen and oxygen atoms in total. The van der Waals surface area contributed by atoms with E-state index in [0.717, 1.165) is 30.4 Å². The molecule has 1 heterocycles. The lowest BCUT2D eigenvalue weighted by Crippen LogP contribution is -2.29. The molecule has 1 aromatic carbocycles. The number of aryl methyl sites for hydroxylation is 1. The number of phenolic OH excluding ortho intramolecular Hbond substituents is 1. The normalized spacial score (nSPS) is 11.9. The van der Waals surface area contributed by atoms with Crippen LogP contribution in [0.4, 0.5) is 0 Å². The topological polar surface area (TPSA) is 94.8 Å². The Kier molecular flexibility index (Phi) is 9.96. The van der Waals surface area contributed by atoms with E-state index >= 15 is 0 Å². The van der Waals surface area contributed by atoms with E-state index < -0.39 is 0 Å². The van der Waals surface area contributed by atoms with Gasteiger partial charge in [0.1, 0.15) is 17.5 Å². The van der Waals surface area contributed by atoms with Crippen molar-refractivity contribution in [1.82, 2.24) is 9.13 Å². The number of carbonyl (C=O) groups is 1. The number of nitriles is 1. The number of ketones is 1. The Balaban J connectivity index is 0.00000578. The fourth-order valence-electron chi connectivity index (χ4n) is 4.16. The van der Waals surface area contributed by atoms with E-state index in [2.05, 4.69) is 19.9 Å². The Bertz CT molecular complexity index is 1070. The number of nitrogens with one attached hydrogen (secondary N) is 1. The minimum atomic E-state index is -0.343. The Morgan fingerprint density at radius 1 is 1.09 bits per heavy atom. The van der Waals surface area contributed by atoms with Gasteiger partial charge in [0, 0.05) is 29.4 Å². The van der Waals surface area contributed by atoms with Gasteiger partial charge in [-0.25, -0.2) is 0 Å². The summed E-state index contributed by atoms with van der Waals surface area (Å²) in [5.74, 6) is 0.625. The number of hydrogen-bond donors (Lipinski definition) is 2. The molecule has 0 spiro atoms. The highest BCUT2D eigenvalue weighted by Gasteiger charge is 2.28. The van der Waals surface area contributed by atoms with Crippen molar-refractivity contribution in [2.75, 3.05) is 0 Å². The molecule has 2 N–H and O–H groups in total. The van der Waals surface area contributed by atoms with Crippen molar-refractivity contribution >= 4 is 22.8 Å². The average molecular weight is 534 g/mol. The van der Waals surface area contributed by atoms with E-state index in [1.54, 1.807) is 22.9 Å². The van der Waals surface area contributed by atoms with E-state index in [9.17, 15) is 15.2 Å². The van der Waals surface area contributed by atoms with E-state index in [1.165, 1.54) is 4.57 Å². The van der Waals surface area contributed by atoms with E-state index in [-0.39, 0.29) is 51.5 Å². The Morgan fingerprint density at radius 2 is 1.59 bits per heavy atom. The van der Waals surface area contributed by atoms with Gasteiger partial charge in [-0.15, -0.1) is 17.0 Å². The van der Waals surface area contributed by atoms with Crippen molar-refractivity contribution < 1.29 is 9.90 Å². The second kappa shape index (κ2) is 11.4. The molecular weight excluding hydrogens is 492 g/mol. The summed E-state index contributed by atoms with van der Waals surface area (Å²) in [6.45, 7) is 16.9. The highest BCUT2D eigenvalue weighted by atomic mass is 79.9. The van der Waals surface area contributed by atoms with Gasteiger partial charge >= 0.3 is 0 Å². The quantitative estimate of drug-likeness (QED) is 0.394. The van der Waals surface area contributed by atoms with Crippen LogP contribution in [-0.2, 0) is 23.9 Å². The predicted octanol–water partition coefficient (Wildman–Crippen LogP) is 6.23. The number of aromatic hydroxyl groups is 1. The van der Waals surface area contributed by atoms with Crippen LogP contribution in [0.5, 0.6) is 5.75 Å². The van der Waals surface area contributed by atoms with Crippen molar-refractivity contribution in [2.45, 2.75) is 98.6 Å². The summed E-state index contributed by atoms with van der Waals surface area (Å²) in [7, 11) is 0. The van der Waals surface area contributed by atoms with E-state index in [1.807, 2.05) is 41.5 Å². The molecule has 0 atom stereocenters. The molecule has 0 bridgehead atoms. The summed E-state index contributed by atoms with van der Waals surface area (Å²) < 4.78 is 3.25. The maximum absolute atomic E-state index is 13.4. The molecule has 0 aliphatic rings. The molecular formula is C27H41BrN4O2. The van der Waals surface area contributed by atoms with Crippen molar-refractivity contribution in [1.29, 1.82) is 10.7 Å². The van der Waals surface area contributed by atoms with Gasteiger partial charge in [-0.3, -0.25) is 14.8 Å². The van der Waals surface area contributed by atoms with Crippen LogP contribution in [0, 0.1) is 22.7 Å². The zero-order chi connectivity index (χ0) is 25.1. The van der Waals surface area contributed by atoms with Crippen LogP contribution in [0.3, 0.4) is 0 Å². The SMILES string of the molecule is Br.CCC(CC)CCn1cc(C#N)n(CC(=O)c2cc(C(C)(C)C)c(O)c(C(C)(C)C)c2)c1=N. The summed E-state index contributed by atoms with van der Waals surface area (Å²) in [5.41, 5.74) is 1.72. The van der Waals surface area contributed by atoms with Gasteiger partial charge in [0.15, 0.2) is 5.78 Å². The Morgan fingerprint density at radius 3 is 2.00 bits per heavy atom. The van der Waals surface area contributed by atoms with Crippen LogP contribution in [0.25, 0.3) is 0 Å². The third-order valence-electron chi connectivity index (χ3n) is 6.49. The number of carbonyl (C=O) groups excluding carboxylic acids is 1. The third-order valence-corrected chi connectivity index (χ3v) is 6.49. The number of halogens is 1. The number of phenols is 1. The summed E-state index contributed by atoms with van der Waals surface area (Å²) in [6.07, 6.45) is 4.79. The Labute approximate surface area is 214 Å². The molecule has 0 saturated carbocycles. The summed E-state index contributed by atoms with van der Waals surface area (Å²) in [4.78, 5) is 13.4. The smallest absolute Gasteiger partial charge is 0.203 e. The fraction of sp³-hybridized carbons (Fsp3) is 0.593. The number of imidazole rings is 1. The fourth-order valence-corrected chi connectivity index (χ4v) is 4.16. The number of Topliss-reactive ketones (excluding diaryl/α,β-unsaturated/α-hetero) is 1. The van der Waals surface area contributed by atoms with Gasteiger partial charge in [0.25, 0.3) is 0 Å². The molecule has 0 aliphatic heterocycles. The molecule has 0 fully saturated rings. The zero-order valence-electron chi connectivity index (χ0n) is 22.0. The minimum Gasteiger partial charge on any atom is -0.507 e. The molecule has 2 aromatic rings. The number of aromatic nitrogens is 2. The van der Waals surface area contributed by atoms with E-state index in [4.69, 9.17) is 5.41 Å². The monoisotopic (exact) mass is 532 g/mol. The first-order valence-corrected chi connectivity index (χ1v) is 11.9. The molecule has 34 heavy (non-hydrogen) atoms. The van der Waals surface area contributed by atoms with Gasteiger partial charge in [-0.2, -0.15) is 5.26 Å². The van der Waals surface area contributed by atoms with Crippen molar-refractivity contribution in [3.8, 4) is 11.8 Å². The first kappa shape index (κ1) is 29.7. The summed E-state index contributed by atoms with van der Waals surface area (Å²) in [5, 5.41) is 29.2. The van der Waals surface area contributed by atoms with Gasteiger partial charge in [0.2, 0.25) is 5.62 Å². The molecule has 2 rings (SSSR count). The minimum absolute atomic E-state index is 0. The van der Waals surface area contributed by atoms with Crippen LogP contribution in [-0.4, -0.2) is 20.0 Å². The molecule has 7 heteroatoms. The van der Waals surface area contributed by atoms with Crippen LogP contribution < -0.4 is 5.62 Å². The van der Waals surface area contributed by atoms with Gasteiger partial charge in [-0.05, 0) is 35.3 Å². The van der Waals surface area contributed by atoms with Crippen LogP contribution >= 0.6 is 17.0 Å². The van der Waals surface area contributed by atoms with Gasteiger partial charge in [0.05, 0.1) is 6.54 Å². The molecule has 0 aliphatic carbocycles. The second-order valence-electron chi connectivity index (χ2n) is 11.0. The highest BCUT2D eigenvalue weighted by Crippen LogP contribution is 2.39. The average Bonchev–Trinajstić information content (AvgIpc) is 3.02. The van der Waals surface area contributed by atoms with Crippen molar-refractivity contribution in [2.24, 2.45) is 5.92 Å². The zero-order valence-corrected chi connectivity index (χ0v) is 23.7. The maximum atomic E-state index is 13.4. The Hall–Kier alpha value is -2.33. The molecule has 0 amide bonds. The molecule has 0 radical (unpaired) electrons. The van der Waals surface area contributed by atoms with Crippen LogP contribution in [0.15, 0.2) is 18.3 Å². The molecule has 0 unspecified atom stereocenters. The molecule has 0 saturated heterocycles. The first-order valence-electron chi connectivity index (χ1n) is 11.9. The summed E-state index contributed by atoms with van der Waals surface area (Å²) in [6, 6.07) is 5.65. The third kappa shape index (κ3) is 6.63. The van der Waals surface area contributed by atoms with Crippen molar-refractivity contribution in [3.05, 3.63) is 46.3 Å². The second-order valence-corrected chi connectivity index (χ2v) is 11.0. The van der Waals surface area contributed by atoms with Gasteiger partial charge in [-0.1, -0.05) is 68.2 Å². The van der Waals surface area contributed by atoms with Crippen molar-refractivity contribution in [3.63, 3.8) is 0 Å². The highest BCUT2D eigenvalue weighted by molar-refractivity contribution is 8.93. The van der Waals surface area contributed by atoms with E-state index in [0.29, 0.717) is 23.7 Å². The standard InChI is InChI=1S/C27H40N4O2.BrH/c1-9-18(10-2)11-12-30-16-20(15-28)31(25(30)29)17-23(32)19-13-21(26(3,4)5)24(33)22(14-19)27(6,7)8;/h13-14,16,18,29,33H,9-12,17H2,1-8H3;1H. The lowest BCUT2D eigenvalue weighted by Gasteiger charge is -2.28. The number of hydrogen-bond acceptors (Lipinski definition) is 4. The molecule has 1 aromatic heterocycles. The predicted molar refractivity (Wildman–Crippen MR) is 142 cm³/mol.